The molecule has 17 nitrogen and oxygen atoms in total. The Morgan fingerprint density at radius 3 is 2.52 bits per heavy atom. The van der Waals surface area contributed by atoms with Gasteiger partial charge in [-0.25, -0.2) is 8.78 Å². The highest BCUT2D eigenvalue weighted by atomic mass is 19.1. The molecular formula is C54H61F2N9O8. The standard InChI is InChI=1S/C36H36F2N6O3.C16H20N2O4.C2H5NO/c1-4-26-29(37)8-5-21-11-25(45)12-27(30(21)26)32-31(38)33-28(14-39-32)34(43-16-22-6-7-23(17-43)40-22)42-35(41-33)47-19-36-10-9-24(18-46-3)44(36)15-20(2)13-36;1-2-3-13(10-19)18-9-12-8-14(22-7-6-17-11-20)4-5-15(12)16(18)21;1-3-2-4/h1,5,8,11-12,14,22-24,40,45H,2,6-7,9-10,13,15-19H2,3H3;4-5,8,10-11,13H,2-3,6-7,9H2,1H3,(H,17,20);2H,1H3,(H,3,4)/t22?,23?,24-,36-;;/m0../s1. The Labute approximate surface area is 422 Å². The van der Waals surface area contributed by atoms with Crippen molar-refractivity contribution < 1.29 is 47.3 Å². The zero-order valence-corrected chi connectivity index (χ0v) is 41.3. The fourth-order valence-electron chi connectivity index (χ4n) is 10.9. The summed E-state index contributed by atoms with van der Waals surface area (Å²) in [4.78, 5) is 63.0. The third-order valence-electron chi connectivity index (χ3n) is 14.2. The molecule has 3 aromatic carbocycles. The first-order valence-electron chi connectivity index (χ1n) is 24.5. The van der Waals surface area contributed by atoms with Crippen LogP contribution in [0.2, 0.25) is 0 Å². The van der Waals surface area contributed by atoms with Gasteiger partial charge in [-0.05, 0) is 85.9 Å². The summed E-state index contributed by atoms with van der Waals surface area (Å²) in [5, 5.41) is 20.2. The third kappa shape index (κ3) is 10.9. The second kappa shape index (κ2) is 23.1. The summed E-state index contributed by atoms with van der Waals surface area (Å²) in [5.74, 6) is 2.02. The van der Waals surface area contributed by atoms with Crippen molar-refractivity contribution in [3.8, 4) is 41.1 Å². The van der Waals surface area contributed by atoms with Crippen molar-refractivity contribution in [2.24, 2.45) is 0 Å². The van der Waals surface area contributed by atoms with Crippen LogP contribution >= 0.6 is 0 Å². The average Bonchev–Trinajstić information content (AvgIpc) is 4.12. The SMILES string of the molecule is C#Cc1c(F)ccc2cc(O)cc(-c3ncc4c(N5CC6CCC(C5)N6)nc(OC[C@@]56CC[C@@H](COC)N5CC(=C)C6)nc4c3F)c12.CCCC(C=O)N1Cc2cc(OCCNC=O)ccc2C1=O.CNC=O. The zero-order valence-electron chi connectivity index (χ0n) is 41.3. The number of phenols is 1. The molecule has 4 N–H and O–H groups in total. The number of anilines is 1. The fourth-order valence-corrected chi connectivity index (χ4v) is 10.9. The summed E-state index contributed by atoms with van der Waals surface area (Å²) in [6.07, 6.45) is 15.7. The van der Waals surface area contributed by atoms with Crippen LogP contribution in [0.4, 0.5) is 14.6 Å². The van der Waals surface area contributed by atoms with Crippen molar-refractivity contribution in [2.45, 2.75) is 88.1 Å². The van der Waals surface area contributed by atoms with E-state index in [4.69, 9.17) is 30.4 Å². The molecule has 384 valence electrons. The number of carbonyl (C=O) groups excluding carboxylic acids is 4. The monoisotopic (exact) mass is 1000 g/mol. The van der Waals surface area contributed by atoms with E-state index in [0.717, 1.165) is 62.5 Å². The van der Waals surface area contributed by atoms with Gasteiger partial charge in [-0.3, -0.25) is 24.3 Å². The van der Waals surface area contributed by atoms with Crippen molar-refractivity contribution in [1.82, 2.24) is 40.7 Å². The number of hydrogen-bond acceptors (Lipinski definition) is 14. The van der Waals surface area contributed by atoms with Crippen LogP contribution in [0.25, 0.3) is 32.9 Å². The highest BCUT2D eigenvalue weighted by Crippen LogP contribution is 2.45. The van der Waals surface area contributed by atoms with Gasteiger partial charge in [0.25, 0.3) is 5.91 Å². The molecule has 3 amide bonds. The number of carbonyl (C=O) groups is 4. The molecule has 5 aliphatic rings. The van der Waals surface area contributed by atoms with E-state index in [-0.39, 0.29) is 63.0 Å². The summed E-state index contributed by atoms with van der Waals surface area (Å²) in [6, 6.07) is 11.4. The maximum absolute atomic E-state index is 16.9. The van der Waals surface area contributed by atoms with Gasteiger partial charge in [0, 0.05) is 81.2 Å². The molecule has 19 heteroatoms. The van der Waals surface area contributed by atoms with E-state index in [2.05, 4.69) is 48.2 Å². The van der Waals surface area contributed by atoms with Crippen molar-refractivity contribution in [3.63, 3.8) is 0 Å². The van der Waals surface area contributed by atoms with E-state index in [0.29, 0.717) is 105 Å². The lowest BCUT2D eigenvalue weighted by atomic mass is 9.94. The number of terminal acetylenes is 1. The number of methoxy groups -OCH3 is 1. The van der Waals surface area contributed by atoms with Crippen LogP contribution in [0, 0.1) is 24.0 Å². The van der Waals surface area contributed by atoms with Gasteiger partial charge in [0.2, 0.25) is 12.8 Å². The number of benzene rings is 3. The molecule has 5 aromatic rings. The molecule has 10 rings (SSSR count). The summed E-state index contributed by atoms with van der Waals surface area (Å²) < 4.78 is 49.2. The lowest BCUT2D eigenvalue weighted by Gasteiger charge is -2.35. The Bertz CT molecular complexity index is 2920. The first kappa shape index (κ1) is 52.1. The number of amides is 3. The summed E-state index contributed by atoms with van der Waals surface area (Å²) >= 11 is 0. The second-order valence-corrected chi connectivity index (χ2v) is 19.0. The van der Waals surface area contributed by atoms with E-state index in [1.807, 2.05) is 13.0 Å². The quantitative estimate of drug-likeness (QED) is 0.0398. The second-order valence-electron chi connectivity index (χ2n) is 19.0. The molecule has 0 saturated carbocycles. The van der Waals surface area contributed by atoms with E-state index in [1.165, 1.54) is 24.3 Å². The summed E-state index contributed by atoms with van der Waals surface area (Å²) in [6.45, 7) is 10.6. The normalized spacial score (nSPS) is 21.1. The fraction of sp³-hybridized carbons (Fsp3) is 0.426. The number of piperazine rings is 1. The summed E-state index contributed by atoms with van der Waals surface area (Å²) in [7, 11) is 3.28. The minimum atomic E-state index is -0.733. The number of halogens is 2. The van der Waals surface area contributed by atoms with E-state index >= 15 is 4.39 Å². The van der Waals surface area contributed by atoms with Gasteiger partial charge in [0.1, 0.15) is 53.8 Å². The van der Waals surface area contributed by atoms with E-state index < -0.39 is 11.6 Å². The molecule has 2 bridgehead atoms. The van der Waals surface area contributed by atoms with Gasteiger partial charge in [-0.1, -0.05) is 37.5 Å². The third-order valence-corrected chi connectivity index (χ3v) is 14.2. The number of aldehydes is 1. The first-order valence-corrected chi connectivity index (χ1v) is 24.5. The van der Waals surface area contributed by atoms with Crippen molar-refractivity contribution in [3.05, 3.63) is 89.1 Å². The number of ether oxygens (including phenoxy) is 3. The smallest absolute Gasteiger partial charge is 0.319 e. The van der Waals surface area contributed by atoms with Crippen LogP contribution in [-0.2, 0) is 25.7 Å². The Balaban J connectivity index is 0.000000229. The largest absolute Gasteiger partial charge is 0.508 e. The summed E-state index contributed by atoms with van der Waals surface area (Å²) in [5.41, 5.74) is 2.45. The van der Waals surface area contributed by atoms with Gasteiger partial charge in [-0.2, -0.15) is 9.97 Å². The van der Waals surface area contributed by atoms with Gasteiger partial charge in [0.15, 0.2) is 5.82 Å². The highest BCUT2D eigenvalue weighted by Gasteiger charge is 2.51. The molecule has 4 saturated heterocycles. The molecule has 0 spiro atoms. The van der Waals surface area contributed by atoms with Crippen molar-refractivity contribution in [1.29, 1.82) is 0 Å². The number of phenolic OH excluding ortho intramolecular Hbond substituents is 1. The molecule has 5 aliphatic heterocycles. The van der Waals surface area contributed by atoms with Crippen LogP contribution in [0.15, 0.2) is 60.8 Å². The van der Waals surface area contributed by atoms with Gasteiger partial charge >= 0.3 is 6.01 Å². The topological polar surface area (TPSA) is 201 Å². The molecule has 73 heavy (non-hydrogen) atoms. The van der Waals surface area contributed by atoms with Crippen molar-refractivity contribution >= 4 is 52.5 Å². The highest BCUT2D eigenvalue weighted by molar-refractivity contribution is 6.03. The molecule has 0 aliphatic carbocycles. The molecule has 7 heterocycles. The number of rotatable bonds is 17. The van der Waals surface area contributed by atoms with Crippen LogP contribution in [-0.4, -0.2) is 145 Å². The minimum absolute atomic E-state index is 0.0323. The van der Waals surface area contributed by atoms with Crippen LogP contribution in [0.3, 0.4) is 0 Å². The Kier molecular flexibility index (Phi) is 16.5. The first-order chi connectivity index (χ1) is 35.4. The number of pyridine rings is 1. The number of hydrogen-bond donors (Lipinski definition) is 4. The van der Waals surface area contributed by atoms with Gasteiger partial charge in [-0.15, -0.1) is 6.42 Å². The lowest BCUT2D eigenvalue weighted by molar-refractivity contribution is -0.112. The average molecular weight is 1000 g/mol. The van der Waals surface area contributed by atoms with Crippen LogP contribution < -0.4 is 30.3 Å². The van der Waals surface area contributed by atoms with Gasteiger partial charge in [0.05, 0.1) is 35.7 Å². The van der Waals surface area contributed by atoms with E-state index in [1.54, 1.807) is 37.4 Å². The zero-order chi connectivity index (χ0) is 51.8. The molecule has 0 radical (unpaired) electrons. The molecular weight excluding hydrogens is 941 g/mol. The number of nitrogens with one attached hydrogen (secondary N) is 3. The number of aromatic hydroxyl groups is 1. The van der Waals surface area contributed by atoms with E-state index in [9.17, 15) is 23.9 Å². The predicted octanol–water partition coefficient (Wildman–Crippen LogP) is 5.44. The number of nitrogens with zero attached hydrogens (tertiary/aromatic N) is 6. The Morgan fingerprint density at radius 2 is 1.82 bits per heavy atom. The predicted molar refractivity (Wildman–Crippen MR) is 271 cm³/mol. The molecule has 3 unspecified atom stereocenters. The minimum Gasteiger partial charge on any atom is -0.508 e. The van der Waals surface area contributed by atoms with Crippen LogP contribution in [0.5, 0.6) is 17.5 Å². The maximum Gasteiger partial charge on any atom is 0.319 e. The Hall–Kier alpha value is -7.27. The molecule has 2 aromatic heterocycles. The lowest BCUT2D eigenvalue weighted by Crippen LogP contribution is -2.51. The molecule has 4 fully saturated rings. The van der Waals surface area contributed by atoms with Crippen LogP contribution in [0.1, 0.15) is 73.4 Å². The maximum atomic E-state index is 16.9. The van der Waals surface area contributed by atoms with Crippen molar-refractivity contribution in [2.75, 3.05) is 65.1 Å². The number of aromatic nitrogens is 3. The molecule has 5 atom stereocenters. The Morgan fingerprint density at radius 1 is 1.04 bits per heavy atom. The van der Waals surface area contributed by atoms with Gasteiger partial charge < -0.3 is 49.9 Å². The number of fused-ring (bicyclic) bond motifs is 6.